The first-order valence-corrected chi connectivity index (χ1v) is 7.73. The number of nitrogens with one attached hydrogen (secondary N) is 2. The zero-order valence-electron chi connectivity index (χ0n) is 11.7. The number of benzene rings is 1. The molecular formula is C15H22BrClN2O. The topological polar surface area (TPSA) is 41.1 Å². The van der Waals surface area contributed by atoms with Crippen molar-refractivity contribution in [3.05, 3.63) is 34.3 Å². The summed E-state index contributed by atoms with van der Waals surface area (Å²) in [7, 11) is 0. The molecule has 0 heterocycles. The SMILES string of the molecule is CCCNCCNC(=O)C1(c2ccc(Br)cc2)CC1.Cl. The normalized spacial score (nSPS) is 15.3. The molecule has 2 N–H and O–H groups in total. The molecule has 0 atom stereocenters. The van der Waals surface area contributed by atoms with Crippen LogP contribution in [0, 0.1) is 0 Å². The lowest BCUT2D eigenvalue weighted by molar-refractivity contribution is -0.123. The molecule has 1 aliphatic carbocycles. The van der Waals surface area contributed by atoms with Crippen LogP contribution in [0.4, 0.5) is 0 Å². The standard InChI is InChI=1S/C15H21BrN2O.ClH/c1-2-9-17-10-11-18-14(19)15(7-8-15)12-3-5-13(16)6-4-12;/h3-6,17H,2,7-11H2,1H3,(H,18,19);1H. The van der Waals surface area contributed by atoms with E-state index in [0.29, 0.717) is 6.54 Å². The van der Waals surface area contributed by atoms with E-state index in [1.54, 1.807) is 0 Å². The fraction of sp³-hybridized carbons (Fsp3) is 0.533. The summed E-state index contributed by atoms with van der Waals surface area (Å²) in [5.74, 6) is 0.174. The molecule has 1 aromatic rings. The van der Waals surface area contributed by atoms with Crippen LogP contribution in [0.15, 0.2) is 28.7 Å². The number of amides is 1. The molecule has 0 aromatic heterocycles. The van der Waals surface area contributed by atoms with Crippen molar-refractivity contribution in [2.24, 2.45) is 0 Å². The van der Waals surface area contributed by atoms with Gasteiger partial charge in [0.1, 0.15) is 0 Å². The molecule has 0 spiro atoms. The summed E-state index contributed by atoms with van der Waals surface area (Å²) >= 11 is 3.43. The Labute approximate surface area is 135 Å². The molecule has 5 heteroatoms. The Bertz CT molecular complexity index is 432. The van der Waals surface area contributed by atoms with E-state index in [4.69, 9.17) is 0 Å². The van der Waals surface area contributed by atoms with Crippen LogP contribution in [0.3, 0.4) is 0 Å². The summed E-state index contributed by atoms with van der Waals surface area (Å²) in [6.45, 7) is 4.69. The van der Waals surface area contributed by atoms with Crippen molar-refractivity contribution >= 4 is 34.2 Å². The summed E-state index contributed by atoms with van der Waals surface area (Å²) in [6.07, 6.45) is 3.04. The quantitative estimate of drug-likeness (QED) is 0.733. The predicted molar refractivity (Wildman–Crippen MR) is 88.5 cm³/mol. The number of carbonyl (C=O) groups is 1. The first-order chi connectivity index (χ1) is 9.19. The van der Waals surface area contributed by atoms with Gasteiger partial charge in [0.05, 0.1) is 5.41 Å². The average molecular weight is 362 g/mol. The maximum Gasteiger partial charge on any atom is 0.230 e. The van der Waals surface area contributed by atoms with Crippen LogP contribution in [-0.2, 0) is 10.2 Å². The van der Waals surface area contributed by atoms with Gasteiger partial charge in [0.25, 0.3) is 0 Å². The van der Waals surface area contributed by atoms with E-state index in [1.807, 2.05) is 24.3 Å². The Morgan fingerprint density at radius 2 is 1.85 bits per heavy atom. The highest BCUT2D eigenvalue weighted by Crippen LogP contribution is 2.48. The van der Waals surface area contributed by atoms with Gasteiger partial charge in [-0.1, -0.05) is 35.0 Å². The number of rotatable bonds is 7. The highest BCUT2D eigenvalue weighted by molar-refractivity contribution is 9.10. The molecule has 1 aliphatic rings. The van der Waals surface area contributed by atoms with Crippen LogP contribution in [0.5, 0.6) is 0 Å². The molecular weight excluding hydrogens is 340 g/mol. The Kier molecular flexibility index (Phi) is 7.00. The van der Waals surface area contributed by atoms with Gasteiger partial charge in [-0.3, -0.25) is 4.79 Å². The second-order valence-electron chi connectivity index (χ2n) is 5.09. The van der Waals surface area contributed by atoms with E-state index in [-0.39, 0.29) is 23.7 Å². The number of carbonyl (C=O) groups excluding carboxylic acids is 1. The van der Waals surface area contributed by atoms with Crippen LogP contribution >= 0.6 is 28.3 Å². The highest BCUT2D eigenvalue weighted by atomic mass is 79.9. The van der Waals surface area contributed by atoms with Crippen LogP contribution in [0.2, 0.25) is 0 Å². The molecule has 1 amide bonds. The largest absolute Gasteiger partial charge is 0.354 e. The second kappa shape index (κ2) is 8.01. The first kappa shape index (κ1) is 17.5. The molecule has 3 nitrogen and oxygen atoms in total. The fourth-order valence-corrected chi connectivity index (χ4v) is 2.54. The van der Waals surface area contributed by atoms with Crippen LogP contribution in [-0.4, -0.2) is 25.5 Å². The molecule has 0 aliphatic heterocycles. The number of halogens is 2. The second-order valence-corrected chi connectivity index (χ2v) is 6.01. The van der Waals surface area contributed by atoms with E-state index < -0.39 is 0 Å². The van der Waals surface area contributed by atoms with Gasteiger partial charge in [0.15, 0.2) is 0 Å². The third-order valence-corrected chi connectivity index (χ3v) is 4.12. The number of hydrogen-bond acceptors (Lipinski definition) is 2. The summed E-state index contributed by atoms with van der Waals surface area (Å²) in [5.41, 5.74) is 0.876. The molecule has 0 saturated heterocycles. The minimum absolute atomic E-state index is 0. The molecule has 0 radical (unpaired) electrons. The van der Waals surface area contributed by atoms with Crippen LogP contribution in [0.25, 0.3) is 0 Å². The zero-order valence-corrected chi connectivity index (χ0v) is 14.1. The summed E-state index contributed by atoms with van der Waals surface area (Å²) in [6, 6.07) is 8.11. The van der Waals surface area contributed by atoms with E-state index in [1.165, 1.54) is 0 Å². The van der Waals surface area contributed by atoms with E-state index >= 15 is 0 Å². The van der Waals surface area contributed by atoms with Gasteiger partial charge in [-0.15, -0.1) is 12.4 Å². The molecule has 2 rings (SSSR count). The van der Waals surface area contributed by atoms with Crippen molar-refractivity contribution < 1.29 is 4.79 Å². The fourth-order valence-electron chi connectivity index (χ4n) is 2.28. The minimum Gasteiger partial charge on any atom is -0.354 e. The monoisotopic (exact) mass is 360 g/mol. The van der Waals surface area contributed by atoms with Crippen molar-refractivity contribution in [1.82, 2.24) is 10.6 Å². The third kappa shape index (κ3) is 4.21. The first-order valence-electron chi connectivity index (χ1n) is 6.94. The Morgan fingerprint density at radius 1 is 1.20 bits per heavy atom. The highest BCUT2D eigenvalue weighted by Gasteiger charge is 2.50. The van der Waals surface area contributed by atoms with Crippen LogP contribution < -0.4 is 10.6 Å². The number of hydrogen-bond donors (Lipinski definition) is 2. The molecule has 1 aromatic carbocycles. The molecule has 1 fully saturated rings. The van der Waals surface area contributed by atoms with Gasteiger partial charge in [0.2, 0.25) is 5.91 Å². The lowest BCUT2D eigenvalue weighted by Crippen LogP contribution is -2.38. The van der Waals surface area contributed by atoms with Gasteiger partial charge in [-0.05, 0) is 43.5 Å². The molecule has 1 saturated carbocycles. The summed E-state index contributed by atoms with van der Waals surface area (Å²) < 4.78 is 1.05. The Morgan fingerprint density at radius 3 is 2.40 bits per heavy atom. The minimum atomic E-state index is -0.258. The summed E-state index contributed by atoms with van der Waals surface area (Å²) in [4.78, 5) is 12.3. The van der Waals surface area contributed by atoms with Gasteiger partial charge < -0.3 is 10.6 Å². The van der Waals surface area contributed by atoms with Crippen molar-refractivity contribution in [2.45, 2.75) is 31.6 Å². The van der Waals surface area contributed by atoms with E-state index in [9.17, 15) is 4.79 Å². The van der Waals surface area contributed by atoms with Gasteiger partial charge in [0, 0.05) is 17.6 Å². The average Bonchev–Trinajstić information content (AvgIpc) is 3.21. The molecule has 20 heavy (non-hydrogen) atoms. The van der Waals surface area contributed by atoms with Gasteiger partial charge in [-0.25, -0.2) is 0 Å². The van der Waals surface area contributed by atoms with Crippen molar-refractivity contribution in [3.63, 3.8) is 0 Å². The van der Waals surface area contributed by atoms with Crippen molar-refractivity contribution in [1.29, 1.82) is 0 Å². The van der Waals surface area contributed by atoms with Crippen LogP contribution in [0.1, 0.15) is 31.7 Å². The maximum absolute atomic E-state index is 12.3. The molecule has 0 bridgehead atoms. The van der Waals surface area contributed by atoms with Crippen molar-refractivity contribution in [3.8, 4) is 0 Å². The van der Waals surface area contributed by atoms with Gasteiger partial charge >= 0.3 is 0 Å². The smallest absolute Gasteiger partial charge is 0.230 e. The lowest BCUT2D eigenvalue weighted by atomic mass is 9.95. The zero-order chi connectivity index (χ0) is 13.7. The van der Waals surface area contributed by atoms with Gasteiger partial charge in [-0.2, -0.15) is 0 Å². The van der Waals surface area contributed by atoms with Crippen molar-refractivity contribution in [2.75, 3.05) is 19.6 Å². The predicted octanol–water partition coefficient (Wildman–Crippen LogP) is 3.02. The van der Waals surface area contributed by atoms with E-state index in [2.05, 4.69) is 33.5 Å². The Balaban J connectivity index is 0.00000200. The van der Waals surface area contributed by atoms with E-state index in [0.717, 1.165) is 42.4 Å². The molecule has 112 valence electrons. The Hall–Kier alpha value is -0.580. The molecule has 0 unspecified atom stereocenters. The lowest BCUT2D eigenvalue weighted by Gasteiger charge is -2.16. The maximum atomic E-state index is 12.3. The summed E-state index contributed by atoms with van der Waals surface area (Å²) in [5, 5.41) is 6.33. The third-order valence-electron chi connectivity index (χ3n) is 3.60.